The van der Waals surface area contributed by atoms with E-state index in [-0.39, 0.29) is 28.4 Å². The van der Waals surface area contributed by atoms with Gasteiger partial charge < -0.3 is 10.2 Å². The summed E-state index contributed by atoms with van der Waals surface area (Å²) in [4.78, 5) is 46.7. The van der Waals surface area contributed by atoms with Crippen LogP contribution in [0, 0.1) is 11.6 Å². The second-order valence-electron chi connectivity index (χ2n) is 7.29. The highest BCUT2D eigenvalue weighted by atomic mass is 19.1. The van der Waals surface area contributed by atoms with Crippen LogP contribution in [-0.2, 0) is 6.54 Å². The summed E-state index contributed by atoms with van der Waals surface area (Å²) in [5.74, 6) is -3.41. The first-order valence-corrected chi connectivity index (χ1v) is 9.53. The number of Topliss-reactive ketones (excluding diaryl/α,β-unsaturated/α-hetero) is 1. The normalized spacial score (nSPS) is 11.4. The number of ketones is 1. The van der Waals surface area contributed by atoms with Crippen molar-refractivity contribution in [1.82, 2.24) is 19.1 Å². The van der Waals surface area contributed by atoms with Crippen molar-refractivity contribution in [3.63, 3.8) is 0 Å². The van der Waals surface area contributed by atoms with Crippen molar-refractivity contribution in [2.24, 2.45) is 5.73 Å². The molecule has 0 unspecified atom stereocenters. The van der Waals surface area contributed by atoms with Crippen LogP contribution in [0.2, 0.25) is 0 Å². The summed E-state index contributed by atoms with van der Waals surface area (Å²) in [6.45, 7) is 2.79. The third kappa shape index (κ3) is 3.47. The number of primary amides is 1. The summed E-state index contributed by atoms with van der Waals surface area (Å²) in [6, 6.07) is 5.25. The lowest BCUT2D eigenvalue weighted by molar-refractivity contribution is 0.0962. The molecule has 0 fully saturated rings. The standard InChI is InChI=1S/C21H17F2N5O4/c1-10(2)28-20-17(16(18(24)30)25-19(26-20)15-4-3-7-32-15)27(21(28)31)9-14(29)12-6-5-11(22)8-13(12)23/h3-8,10H,9H2,1-2H3,(H2,24,30). The Balaban J connectivity index is 1.96. The van der Waals surface area contributed by atoms with Gasteiger partial charge in [0.2, 0.25) is 0 Å². The summed E-state index contributed by atoms with van der Waals surface area (Å²) in [6.07, 6.45) is 1.39. The monoisotopic (exact) mass is 441 g/mol. The van der Waals surface area contributed by atoms with Crippen molar-refractivity contribution >= 4 is 22.9 Å². The predicted molar refractivity (Wildman–Crippen MR) is 109 cm³/mol. The van der Waals surface area contributed by atoms with Crippen molar-refractivity contribution in [2.45, 2.75) is 26.4 Å². The summed E-state index contributed by atoms with van der Waals surface area (Å²) in [7, 11) is 0. The zero-order chi connectivity index (χ0) is 23.2. The third-order valence-corrected chi connectivity index (χ3v) is 4.83. The van der Waals surface area contributed by atoms with Gasteiger partial charge in [-0.2, -0.15) is 0 Å². The van der Waals surface area contributed by atoms with Gasteiger partial charge in [-0.1, -0.05) is 0 Å². The van der Waals surface area contributed by atoms with E-state index in [1.54, 1.807) is 26.0 Å². The van der Waals surface area contributed by atoms with E-state index in [1.165, 1.54) is 10.8 Å². The second-order valence-corrected chi connectivity index (χ2v) is 7.29. The molecule has 0 bridgehead atoms. The number of aromatic nitrogens is 4. The molecular weight excluding hydrogens is 424 g/mol. The molecule has 0 saturated heterocycles. The van der Waals surface area contributed by atoms with Crippen LogP contribution in [0.25, 0.3) is 22.7 Å². The minimum absolute atomic E-state index is 0.0266. The first kappa shape index (κ1) is 21.1. The Kier molecular flexibility index (Phi) is 5.17. The smallest absolute Gasteiger partial charge is 0.331 e. The SMILES string of the molecule is CC(C)n1c(=O)n(CC(=O)c2ccc(F)cc2F)c2c(C(N)=O)nc(-c3ccco3)nc21. The van der Waals surface area contributed by atoms with Gasteiger partial charge in [-0.25, -0.2) is 23.5 Å². The molecule has 0 radical (unpaired) electrons. The van der Waals surface area contributed by atoms with Crippen LogP contribution in [-0.4, -0.2) is 30.8 Å². The van der Waals surface area contributed by atoms with Gasteiger partial charge in [0.25, 0.3) is 5.91 Å². The van der Waals surface area contributed by atoms with Gasteiger partial charge in [-0.15, -0.1) is 0 Å². The number of rotatable bonds is 6. The van der Waals surface area contributed by atoms with E-state index in [1.807, 2.05) is 0 Å². The number of hydrogen-bond acceptors (Lipinski definition) is 6. The Morgan fingerprint density at radius 1 is 1.19 bits per heavy atom. The van der Waals surface area contributed by atoms with Gasteiger partial charge in [-0.05, 0) is 38.1 Å². The van der Waals surface area contributed by atoms with Crippen molar-refractivity contribution in [1.29, 1.82) is 0 Å². The molecule has 2 N–H and O–H groups in total. The van der Waals surface area contributed by atoms with Gasteiger partial charge in [0.15, 0.2) is 28.7 Å². The van der Waals surface area contributed by atoms with Gasteiger partial charge >= 0.3 is 5.69 Å². The van der Waals surface area contributed by atoms with Crippen LogP contribution in [0.3, 0.4) is 0 Å². The first-order chi connectivity index (χ1) is 15.2. The zero-order valence-corrected chi connectivity index (χ0v) is 17.0. The molecule has 32 heavy (non-hydrogen) atoms. The lowest BCUT2D eigenvalue weighted by atomic mass is 10.1. The number of carbonyl (C=O) groups excluding carboxylic acids is 2. The maximum absolute atomic E-state index is 14.1. The lowest BCUT2D eigenvalue weighted by Gasteiger charge is -2.07. The topological polar surface area (TPSA) is 126 Å². The molecule has 1 amide bonds. The quantitative estimate of drug-likeness (QED) is 0.459. The molecule has 0 spiro atoms. The van der Waals surface area contributed by atoms with Gasteiger partial charge in [-0.3, -0.25) is 18.7 Å². The van der Waals surface area contributed by atoms with Crippen LogP contribution in [0.4, 0.5) is 8.78 Å². The minimum Gasteiger partial charge on any atom is -0.461 e. The molecule has 11 heteroatoms. The van der Waals surface area contributed by atoms with E-state index in [9.17, 15) is 23.2 Å². The molecule has 0 saturated carbocycles. The maximum atomic E-state index is 14.1. The highest BCUT2D eigenvalue weighted by Gasteiger charge is 2.27. The molecule has 3 heterocycles. The molecule has 0 aliphatic heterocycles. The van der Waals surface area contributed by atoms with Crippen LogP contribution in [0.1, 0.15) is 40.7 Å². The van der Waals surface area contributed by atoms with Crippen molar-refractivity contribution < 1.29 is 22.8 Å². The third-order valence-electron chi connectivity index (χ3n) is 4.83. The highest BCUT2D eigenvalue weighted by Crippen LogP contribution is 2.24. The maximum Gasteiger partial charge on any atom is 0.331 e. The van der Waals surface area contributed by atoms with Crippen molar-refractivity contribution in [3.8, 4) is 11.6 Å². The van der Waals surface area contributed by atoms with Gasteiger partial charge in [0.05, 0.1) is 18.4 Å². The van der Waals surface area contributed by atoms with Crippen LogP contribution < -0.4 is 11.4 Å². The molecule has 0 aliphatic carbocycles. The molecule has 1 aromatic carbocycles. The van der Waals surface area contributed by atoms with Crippen LogP contribution in [0.5, 0.6) is 0 Å². The molecule has 4 rings (SSSR count). The first-order valence-electron chi connectivity index (χ1n) is 9.53. The van der Waals surface area contributed by atoms with Crippen LogP contribution in [0.15, 0.2) is 45.8 Å². The van der Waals surface area contributed by atoms with E-state index in [0.29, 0.717) is 6.07 Å². The van der Waals surface area contributed by atoms with E-state index >= 15 is 0 Å². The number of furan rings is 1. The molecule has 0 atom stereocenters. The summed E-state index contributed by atoms with van der Waals surface area (Å²) >= 11 is 0. The molecule has 164 valence electrons. The van der Waals surface area contributed by atoms with E-state index < -0.39 is 47.2 Å². The Labute approximate surface area is 179 Å². The number of fused-ring (bicyclic) bond motifs is 1. The molecular formula is C21H17F2N5O4. The Morgan fingerprint density at radius 3 is 2.53 bits per heavy atom. The molecule has 9 nitrogen and oxygen atoms in total. The summed E-state index contributed by atoms with van der Waals surface area (Å²) in [5.41, 5.74) is 4.14. The fourth-order valence-electron chi connectivity index (χ4n) is 3.42. The number of hydrogen-bond donors (Lipinski definition) is 1. The van der Waals surface area contributed by atoms with E-state index in [0.717, 1.165) is 16.7 Å². The average Bonchev–Trinajstić information content (AvgIpc) is 3.34. The predicted octanol–water partition coefficient (Wildman–Crippen LogP) is 2.69. The lowest BCUT2D eigenvalue weighted by Crippen LogP contribution is -2.28. The fraction of sp³-hybridized carbons (Fsp3) is 0.190. The van der Waals surface area contributed by atoms with Gasteiger partial charge in [0, 0.05) is 12.1 Å². The number of benzene rings is 1. The number of amides is 1. The summed E-state index contributed by atoms with van der Waals surface area (Å²) in [5, 5.41) is 0. The Morgan fingerprint density at radius 2 is 1.94 bits per heavy atom. The van der Waals surface area contributed by atoms with Gasteiger partial charge in [0.1, 0.15) is 17.2 Å². The average molecular weight is 441 g/mol. The molecule has 3 aromatic heterocycles. The second kappa shape index (κ2) is 7.84. The van der Waals surface area contributed by atoms with Crippen LogP contribution >= 0.6 is 0 Å². The highest BCUT2D eigenvalue weighted by molar-refractivity contribution is 6.03. The molecule has 4 aromatic rings. The largest absolute Gasteiger partial charge is 0.461 e. The van der Waals surface area contributed by atoms with E-state index in [4.69, 9.17) is 10.2 Å². The Hall–Kier alpha value is -4.15. The summed E-state index contributed by atoms with van der Waals surface area (Å²) < 4.78 is 34.8. The molecule has 0 aliphatic rings. The van der Waals surface area contributed by atoms with Crippen molar-refractivity contribution in [2.75, 3.05) is 0 Å². The minimum atomic E-state index is -1.07. The number of nitrogens with two attached hydrogens (primary N) is 1. The number of carbonyl (C=O) groups is 2. The zero-order valence-electron chi connectivity index (χ0n) is 17.0. The Bertz CT molecular complexity index is 1420. The number of nitrogens with zero attached hydrogens (tertiary/aromatic N) is 4. The fourth-order valence-corrected chi connectivity index (χ4v) is 3.42. The number of imidazole rings is 1. The number of halogens is 2. The van der Waals surface area contributed by atoms with E-state index in [2.05, 4.69) is 9.97 Å². The van der Waals surface area contributed by atoms with Crippen molar-refractivity contribution in [3.05, 3.63) is 70.0 Å².